The van der Waals surface area contributed by atoms with Crippen molar-refractivity contribution in [1.82, 2.24) is 5.32 Å². The van der Waals surface area contributed by atoms with Gasteiger partial charge in [0.2, 0.25) is 0 Å². The molecule has 1 rings (SSSR count). The van der Waals surface area contributed by atoms with Crippen LogP contribution in [0, 0.1) is 5.92 Å². The summed E-state index contributed by atoms with van der Waals surface area (Å²) in [6, 6.07) is 8.84. The number of ether oxygens (including phenoxy) is 1. The van der Waals surface area contributed by atoms with E-state index in [0.717, 1.165) is 25.3 Å². The van der Waals surface area contributed by atoms with Gasteiger partial charge >= 0.3 is 0 Å². The molecule has 0 radical (unpaired) electrons. The topological polar surface area (TPSA) is 21.3 Å². The van der Waals surface area contributed by atoms with Crippen molar-refractivity contribution in [3.8, 4) is 5.75 Å². The quantitative estimate of drug-likeness (QED) is 0.705. The summed E-state index contributed by atoms with van der Waals surface area (Å²) in [5.41, 5.74) is 1.30. The fraction of sp³-hybridized carbons (Fsp3) is 0.647. The Morgan fingerprint density at radius 1 is 1.11 bits per heavy atom. The second-order valence-electron chi connectivity index (χ2n) is 5.19. The molecule has 0 aromatic heterocycles. The SMILES string of the molecule is CCCOc1ccccc1C(NCC)C(C)CCC. The van der Waals surface area contributed by atoms with Crippen molar-refractivity contribution in [1.29, 1.82) is 0 Å². The average Bonchev–Trinajstić information content (AvgIpc) is 2.43. The number of para-hydroxylation sites is 1. The number of benzene rings is 1. The van der Waals surface area contributed by atoms with Crippen molar-refractivity contribution in [2.24, 2.45) is 5.92 Å². The van der Waals surface area contributed by atoms with Crippen molar-refractivity contribution in [2.45, 2.75) is 53.0 Å². The highest BCUT2D eigenvalue weighted by Crippen LogP contribution is 2.32. The summed E-state index contributed by atoms with van der Waals surface area (Å²) in [4.78, 5) is 0. The third-order valence-corrected chi connectivity index (χ3v) is 3.45. The van der Waals surface area contributed by atoms with Crippen LogP contribution < -0.4 is 10.1 Å². The van der Waals surface area contributed by atoms with E-state index in [2.05, 4.69) is 57.3 Å². The summed E-state index contributed by atoms with van der Waals surface area (Å²) in [6.07, 6.45) is 3.51. The molecule has 0 aliphatic carbocycles. The molecule has 0 saturated carbocycles. The first-order chi connectivity index (χ1) is 9.24. The van der Waals surface area contributed by atoms with Crippen LogP contribution in [0.2, 0.25) is 0 Å². The summed E-state index contributed by atoms with van der Waals surface area (Å²) in [6.45, 7) is 10.7. The van der Waals surface area contributed by atoms with Crippen LogP contribution in [0.3, 0.4) is 0 Å². The zero-order chi connectivity index (χ0) is 14.1. The van der Waals surface area contributed by atoms with Gasteiger partial charge in [-0.1, -0.05) is 52.3 Å². The molecule has 108 valence electrons. The van der Waals surface area contributed by atoms with Crippen LogP contribution in [0.5, 0.6) is 5.75 Å². The first-order valence-electron chi connectivity index (χ1n) is 7.69. The third kappa shape index (κ3) is 4.87. The van der Waals surface area contributed by atoms with Crippen molar-refractivity contribution >= 4 is 0 Å². The van der Waals surface area contributed by atoms with Crippen LogP contribution in [-0.2, 0) is 0 Å². The highest BCUT2D eigenvalue weighted by molar-refractivity contribution is 5.36. The molecule has 0 heterocycles. The van der Waals surface area contributed by atoms with E-state index in [1.165, 1.54) is 18.4 Å². The third-order valence-electron chi connectivity index (χ3n) is 3.45. The van der Waals surface area contributed by atoms with Crippen molar-refractivity contribution in [3.63, 3.8) is 0 Å². The molecule has 0 saturated heterocycles. The van der Waals surface area contributed by atoms with E-state index in [0.29, 0.717) is 12.0 Å². The maximum absolute atomic E-state index is 5.90. The lowest BCUT2D eigenvalue weighted by Crippen LogP contribution is -2.27. The molecule has 0 spiro atoms. The van der Waals surface area contributed by atoms with Gasteiger partial charge in [-0.15, -0.1) is 0 Å². The van der Waals surface area contributed by atoms with Gasteiger partial charge in [0.15, 0.2) is 0 Å². The van der Waals surface area contributed by atoms with Gasteiger partial charge in [-0.3, -0.25) is 0 Å². The number of hydrogen-bond donors (Lipinski definition) is 1. The van der Waals surface area contributed by atoms with Gasteiger partial charge < -0.3 is 10.1 Å². The van der Waals surface area contributed by atoms with Gasteiger partial charge in [0.05, 0.1) is 6.61 Å². The maximum Gasteiger partial charge on any atom is 0.124 e. The minimum atomic E-state index is 0.387. The molecule has 0 aliphatic rings. The molecule has 0 bridgehead atoms. The van der Waals surface area contributed by atoms with Gasteiger partial charge in [-0.05, 0) is 31.4 Å². The molecule has 0 fully saturated rings. The molecule has 0 aliphatic heterocycles. The van der Waals surface area contributed by atoms with Crippen molar-refractivity contribution in [2.75, 3.05) is 13.2 Å². The van der Waals surface area contributed by atoms with E-state index in [1.54, 1.807) is 0 Å². The van der Waals surface area contributed by atoms with E-state index >= 15 is 0 Å². The monoisotopic (exact) mass is 263 g/mol. The molecule has 19 heavy (non-hydrogen) atoms. The molecule has 1 aromatic carbocycles. The number of nitrogens with one attached hydrogen (secondary N) is 1. The molecule has 2 nitrogen and oxygen atoms in total. The Morgan fingerprint density at radius 3 is 2.47 bits per heavy atom. The van der Waals surface area contributed by atoms with E-state index in [-0.39, 0.29) is 0 Å². The van der Waals surface area contributed by atoms with Crippen LogP contribution in [0.1, 0.15) is 58.6 Å². The molecular weight excluding hydrogens is 234 g/mol. The summed E-state index contributed by atoms with van der Waals surface area (Å²) < 4.78 is 5.90. The Balaban J connectivity index is 2.93. The Bertz CT molecular complexity index is 351. The van der Waals surface area contributed by atoms with Crippen LogP contribution in [0.15, 0.2) is 24.3 Å². The minimum absolute atomic E-state index is 0.387. The fourth-order valence-corrected chi connectivity index (χ4v) is 2.54. The maximum atomic E-state index is 5.90. The predicted octanol–water partition coefficient (Wildman–Crippen LogP) is 4.56. The van der Waals surface area contributed by atoms with Crippen LogP contribution in [-0.4, -0.2) is 13.2 Å². The molecular formula is C17H29NO. The van der Waals surface area contributed by atoms with E-state index in [9.17, 15) is 0 Å². The highest BCUT2D eigenvalue weighted by Gasteiger charge is 2.20. The van der Waals surface area contributed by atoms with E-state index in [4.69, 9.17) is 4.74 Å². The number of rotatable bonds is 9. The fourth-order valence-electron chi connectivity index (χ4n) is 2.54. The molecule has 2 heteroatoms. The largest absolute Gasteiger partial charge is 0.493 e. The lowest BCUT2D eigenvalue weighted by Gasteiger charge is -2.27. The Labute approximate surface area is 118 Å². The van der Waals surface area contributed by atoms with E-state index < -0.39 is 0 Å². The second kappa shape index (κ2) is 8.98. The summed E-state index contributed by atoms with van der Waals surface area (Å²) >= 11 is 0. The number of hydrogen-bond acceptors (Lipinski definition) is 2. The van der Waals surface area contributed by atoms with Crippen LogP contribution in [0.25, 0.3) is 0 Å². The zero-order valence-electron chi connectivity index (χ0n) is 12.9. The second-order valence-corrected chi connectivity index (χ2v) is 5.19. The standard InChI is InChI=1S/C17H29NO/c1-5-10-14(4)17(18-7-3)15-11-8-9-12-16(15)19-13-6-2/h8-9,11-12,14,17-18H,5-7,10,13H2,1-4H3. The van der Waals surface area contributed by atoms with Gasteiger partial charge in [-0.25, -0.2) is 0 Å². The van der Waals surface area contributed by atoms with Crippen LogP contribution in [0.4, 0.5) is 0 Å². The lowest BCUT2D eigenvalue weighted by molar-refractivity contribution is 0.298. The highest BCUT2D eigenvalue weighted by atomic mass is 16.5. The molecule has 1 N–H and O–H groups in total. The summed E-state index contributed by atoms with van der Waals surface area (Å²) in [7, 11) is 0. The Morgan fingerprint density at radius 2 is 1.84 bits per heavy atom. The van der Waals surface area contributed by atoms with Gasteiger partial charge in [0.25, 0.3) is 0 Å². The van der Waals surface area contributed by atoms with Gasteiger partial charge in [0, 0.05) is 11.6 Å². The molecule has 2 atom stereocenters. The van der Waals surface area contributed by atoms with Crippen molar-refractivity contribution in [3.05, 3.63) is 29.8 Å². The predicted molar refractivity (Wildman–Crippen MR) is 82.7 cm³/mol. The minimum Gasteiger partial charge on any atom is -0.493 e. The zero-order valence-corrected chi connectivity index (χ0v) is 12.9. The van der Waals surface area contributed by atoms with Crippen LogP contribution >= 0.6 is 0 Å². The summed E-state index contributed by atoms with van der Waals surface area (Å²) in [5, 5.41) is 3.62. The Hall–Kier alpha value is -1.02. The van der Waals surface area contributed by atoms with Gasteiger partial charge in [0.1, 0.15) is 5.75 Å². The molecule has 1 aromatic rings. The molecule has 2 unspecified atom stereocenters. The van der Waals surface area contributed by atoms with E-state index in [1.807, 2.05) is 0 Å². The normalized spacial score (nSPS) is 14.1. The molecule has 0 amide bonds. The summed E-state index contributed by atoms with van der Waals surface area (Å²) in [5.74, 6) is 1.66. The average molecular weight is 263 g/mol. The Kier molecular flexibility index (Phi) is 7.57. The van der Waals surface area contributed by atoms with Crippen molar-refractivity contribution < 1.29 is 4.74 Å². The smallest absolute Gasteiger partial charge is 0.124 e. The first kappa shape index (κ1) is 16.0. The lowest BCUT2D eigenvalue weighted by atomic mass is 9.90. The van der Waals surface area contributed by atoms with Gasteiger partial charge in [-0.2, -0.15) is 0 Å². The first-order valence-corrected chi connectivity index (χ1v) is 7.69.